The van der Waals surface area contributed by atoms with Gasteiger partial charge in [0, 0.05) is 17.1 Å². The first kappa shape index (κ1) is 15.4. The maximum atomic E-state index is 11.7. The molecular weight excluding hydrogens is 304 g/mol. The average Bonchev–Trinajstić information content (AvgIpc) is 2.94. The van der Waals surface area contributed by atoms with Crippen LogP contribution in [0.2, 0.25) is 0 Å². The Kier molecular flexibility index (Phi) is 5.60. The molecule has 0 aliphatic rings. The smallest absolute Gasteiger partial charge is 0.320 e. The van der Waals surface area contributed by atoms with Gasteiger partial charge in [-0.1, -0.05) is 17.8 Å². The number of amides is 2. The van der Waals surface area contributed by atoms with Crippen LogP contribution in [0.15, 0.2) is 44.9 Å². The van der Waals surface area contributed by atoms with Crippen LogP contribution in [0.25, 0.3) is 0 Å². The largest absolute Gasteiger partial charge is 0.334 e. The first-order valence-corrected chi connectivity index (χ1v) is 7.99. The fraction of sp³-hybridized carbons (Fsp3) is 0.214. The predicted octanol–water partition coefficient (Wildman–Crippen LogP) is 3.72. The van der Waals surface area contributed by atoms with Crippen molar-refractivity contribution in [2.24, 2.45) is 0 Å². The van der Waals surface area contributed by atoms with Gasteiger partial charge < -0.3 is 5.32 Å². The lowest BCUT2D eigenvalue weighted by Crippen LogP contribution is -2.36. The number of hydrogen-bond acceptors (Lipinski definition) is 5. The van der Waals surface area contributed by atoms with Crippen LogP contribution in [0.3, 0.4) is 0 Å². The Morgan fingerprint density at radius 3 is 3.00 bits per heavy atom. The second-order valence-corrected chi connectivity index (χ2v) is 6.60. The second kappa shape index (κ2) is 7.67. The van der Waals surface area contributed by atoms with E-state index in [1.165, 1.54) is 4.21 Å². The zero-order chi connectivity index (χ0) is 15.1. The molecule has 2 amide bonds. The van der Waals surface area contributed by atoms with E-state index in [0.717, 1.165) is 4.90 Å². The number of rotatable bonds is 5. The molecule has 0 radical (unpaired) electrons. The molecule has 2 aromatic heterocycles. The number of nitriles is 1. The van der Waals surface area contributed by atoms with E-state index in [-0.39, 0.29) is 18.5 Å². The molecule has 21 heavy (non-hydrogen) atoms. The van der Waals surface area contributed by atoms with Crippen molar-refractivity contribution in [2.75, 3.05) is 5.32 Å². The maximum absolute atomic E-state index is 11.7. The third kappa shape index (κ3) is 5.10. The van der Waals surface area contributed by atoms with Crippen LogP contribution in [0, 0.1) is 11.3 Å². The van der Waals surface area contributed by atoms with Crippen molar-refractivity contribution >= 4 is 34.9 Å². The maximum Gasteiger partial charge on any atom is 0.320 e. The molecule has 0 aromatic carbocycles. The highest BCUT2D eigenvalue weighted by Gasteiger charge is 2.07. The zero-order valence-electron chi connectivity index (χ0n) is 11.4. The molecule has 0 fully saturated rings. The standard InChI is InChI=1S/C14H14N4OS2/c1-10(6-7-15)17-14(19)18-12-5-4-11(9-16-12)21-13-3-2-8-20-13/h2-5,8-10H,6H2,1H3,(H2,16,17,18,19). The number of nitrogens with one attached hydrogen (secondary N) is 2. The molecule has 1 atom stereocenters. The monoisotopic (exact) mass is 318 g/mol. The number of hydrogen-bond donors (Lipinski definition) is 2. The summed E-state index contributed by atoms with van der Waals surface area (Å²) in [6.07, 6.45) is 2.00. The minimum Gasteiger partial charge on any atom is -0.334 e. The molecule has 0 saturated heterocycles. The molecule has 2 N–H and O–H groups in total. The summed E-state index contributed by atoms with van der Waals surface area (Å²) in [6.45, 7) is 1.77. The normalized spacial score (nSPS) is 11.4. The van der Waals surface area contributed by atoms with Crippen LogP contribution in [0.4, 0.5) is 10.6 Å². The van der Waals surface area contributed by atoms with Crippen molar-refractivity contribution in [3.05, 3.63) is 35.8 Å². The van der Waals surface area contributed by atoms with Crippen LogP contribution < -0.4 is 10.6 Å². The van der Waals surface area contributed by atoms with Crippen molar-refractivity contribution < 1.29 is 4.79 Å². The quantitative estimate of drug-likeness (QED) is 0.880. The molecule has 0 saturated carbocycles. The van der Waals surface area contributed by atoms with Crippen LogP contribution in [-0.2, 0) is 0 Å². The summed E-state index contributed by atoms with van der Waals surface area (Å²) in [4.78, 5) is 16.9. The third-order valence-electron chi connectivity index (χ3n) is 2.47. The van der Waals surface area contributed by atoms with Crippen molar-refractivity contribution in [1.29, 1.82) is 5.26 Å². The van der Waals surface area contributed by atoms with Gasteiger partial charge in [-0.25, -0.2) is 9.78 Å². The van der Waals surface area contributed by atoms with Gasteiger partial charge in [0.25, 0.3) is 0 Å². The number of carbonyl (C=O) groups excluding carboxylic acids is 1. The van der Waals surface area contributed by atoms with E-state index in [9.17, 15) is 4.79 Å². The molecule has 0 aliphatic heterocycles. The first-order valence-electron chi connectivity index (χ1n) is 6.29. The van der Waals surface area contributed by atoms with Crippen molar-refractivity contribution in [1.82, 2.24) is 10.3 Å². The molecule has 0 spiro atoms. The van der Waals surface area contributed by atoms with E-state index in [2.05, 4.69) is 15.6 Å². The number of thiophene rings is 1. The highest BCUT2D eigenvalue weighted by molar-refractivity contribution is 8.01. The Hall–Kier alpha value is -2.04. The van der Waals surface area contributed by atoms with Crippen LogP contribution in [0.1, 0.15) is 13.3 Å². The van der Waals surface area contributed by atoms with Crippen molar-refractivity contribution in [2.45, 2.75) is 28.5 Å². The average molecular weight is 318 g/mol. The molecule has 108 valence electrons. The molecule has 0 aliphatic carbocycles. The van der Waals surface area contributed by atoms with E-state index < -0.39 is 0 Å². The number of pyridine rings is 1. The van der Waals surface area contributed by atoms with E-state index in [1.807, 2.05) is 29.6 Å². The molecule has 2 heterocycles. The summed E-state index contributed by atoms with van der Waals surface area (Å²) in [5, 5.41) is 15.9. The Labute approximate surface area is 131 Å². The van der Waals surface area contributed by atoms with Gasteiger partial charge in [0.05, 0.1) is 16.7 Å². The van der Waals surface area contributed by atoms with E-state index in [4.69, 9.17) is 5.26 Å². The topological polar surface area (TPSA) is 77.8 Å². The number of aromatic nitrogens is 1. The molecule has 2 rings (SSSR count). The lowest BCUT2D eigenvalue weighted by Gasteiger charge is -2.11. The minimum absolute atomic E-state index is 0.191. The molecule has 7 heteroatoms. The summed E-state index contributed by atoms with van der Waals surface area (Å²) in [7, 11) is 0. The number of carbonyl (C=O) groups is 1. The van der Waals surface area contributed by atoms with Gasteiger partial charge in [-0.05, 0) is 30.5 Å². The Morgan fingerprint density at radius 2 is 2.38 bits per heavy atom. The van der Waals surface area contributed by atoms with Gasteiger partial charge in [-0.2, -0.15) is 5.26 Å². The van der Waals surface area contributed by atoms with E-state index in [0.29, 0.717) is 5.82 Å². The fourth-order valence-corrected chi connectivity index (χ4v) is 3.23. The zero-order valence-corrected chi connectivity index (χ0v) is 13.0. The highest BCUT2D eigenvalue weighted by atomic mass is 32.2. The Morgan fingerprint density at radius 1 is 1.52 bits per heavy atom. The van der Waals surface area contributed by atoms with E-state index >= 15 is 0 Å². The summed E-state index contributed by atoms with van der Waals surface area (Å²) in [5.41, 5.74) is 0. The Balaban J connectivity index is 1.87. The summed E-state index contributed by atoms with van der Waals surface area (Å²) >= 11 is 3.30. The van der Waals surface area contributed by atoms with Gasteiger partial charge in [0.15, 0.2) is 0 Å². The molecule has 5 nitrogen and oxygen atoms in total. The SMILES string of the molecule is CC(CC#N)NC(=O)Nc1ccc(Sc2cccs2)cn1. The summed E-state index contributed by atoms with van der Waals surface area (Å²) in [6, 6.07) is 9.17. The van der Waals surface area contributed by atoms with Crippen LogP contribution in [0.5, 0.6) is 0 Å². The first-order chi connectivity index (χ1) is 10.2. The molecule has 1 unspecified atom stereocenters. The highest BCUT2D eigenvalue weighted by Crippen LogP contribution is 2.30. The lowest BCUT2D eigenvalue weighted by atomic mass is 10.3. The van der Waals surface area contributed by atoms with Gasteiger partial charge in [-0.3, -0.25) is 5.32 Å². The second-order valence-electron chi connectivity index (χ2n) is 4.28. The van der Waals surface area contributed by atoms with E-state index in [1.54, 1.807) is 42.3 Å². The lowest BCUT2D eigenvalue weighted by molar-refractivity contribution is 0.249. The van der Waals surface area contributed by atoms with Gasteiger partial charge in [0.2, 0.25) is 0 Å². The number of anilines is 1. The number of nitrogens with zero attached hydrogens (tertiary/aromatic N) is 2. The van der Waals surface area contributed by atoms with Crippen molar-refractivity contribution in [3.63, 3.8) is 0 Å². The summed E-state index contributed by atoms with van der Waals surface area (Å²) in [5.74, 6) is 0.479. The number of urea groups is 1. The predicted molar refractivity (Wildman–Crippen MR) is 84.5 cm³/mol. The van der Waals surface area contributed by atoms with Crippen LogP contribution in [-0.4, -0.2) is 17.1 Å². The van der Waals surface area contributed by atoms with Crippen LogP contribution >= 0.6 is 23.1 Å². The third-order valence-corrected chi connectivity index (χ3v) is 4.48. The molecule has 0 bridgehead atoms. The van der Waals surface area contributed by atoms with Gasteiger partial charge in [0.1, 0.15) is 5.82 Å². The molecular formula is C14H14N4OS2. The van der Waals surface area contributed by atoms with Crippen molar-refractivity contribution in [3.8, 4) is 6.07 Å². The summed E-state index contributed by atoms with van der Waals surface area (Å²) < 4.78 is 1.19. The minimum atomic E-state index is -0.357. The van der Waals surface area contributed by atoms with Gasteiger partial charge >= 0.3 is 6.03 Å². The van der Waals surface area contributed by atoms with Gasteiger partial charge in [-0.15, -0.1) is 11.3 Å². The molecule has 2 aromatic rings. The fourth-order valence-electron chi connectivity index (χ4n) is 1.52. The Bertz CT molecular complexity index is 619.